The van der Waals surface area contributed by atoms with Crippen molar-refractivity contribution in [3.8, 4) is 11.5 Å². The summed E-state index contributed by atoms with van der Waals surface area (Å²) in [5.74, 6) is 1.41. The number of carbonyl (C=O) groups is 2. The molecule has 2 aliphatic heterocycles. The van der Waals surface area contributed by atoms with E-state index in [1.54, 1.807) is 38.5 Å². The van der Waals surface area contributed by atoms with E-state index in [1.807, 2.05) is 24.3 Å². The van der Waals surface area contributed by atoms with Crippen molar-refractivity contribution < 1.29 is 19.1 Å². The molecule has 0 unspecified atom stereocenters. The Labute approximate surface area is 150 Å². The third kappa shape index (κ3) is 2.46. The van der Waals surface area contributed by atoms with Gasteiger partial charge in [0.2, 0.25) is 0 Å². The smallest absolute Gasteiger partial charge is 0.340 e. The Morgan fingerprint density at radius 3 is 1.35 bits per heavy atom. The SMILES string of the molecule is COc1ccc([C@@H]2NC(=O)N3[C@H](c4ccc(OC)cc4)NC(=O)N23)cc1. The fourth-order valence-electron chi connectivity index (χ4n) is 3.19. The molecule has 0 radical (unpaired) electrons. The molecule has 4 rings (SSSR count). The summed E-state index contributed by atoms with van der Waals surface area (Å²) < 4.78 is 10.3. The lowest BCUT2D eigenvalue weighted by Crippen LogP contribution is -2.36. The molecule has 0 spiro atoms. The lowest BCUT2D eigenvalue weighted by Gasteiger charge is -2.24. The minimum atomic E-state index is -0.573. The van der Waals surface area contributed by atoms with Crippen molar-refractivity contribution in [2.24, 2.45) is 0 Å². The van der Waals surface area contributed by atoms with Crippen LogP contribution >= 0.6 is 0 Å². The molecule has 2 aromatic carbocycles. The highest BCUT2D eigenvalue weighted by molar-refractivity contribution is 5.88. The quantitative estimate of drug-likeness (QED) is 0.883. The molecule has 2 heterocycles. The number of benzene rings is 2. The molecule has 0 aliphatic carbocycles. The van der Waals surface area contributed by atoms with Crippen molar-refractivity contribution in [1.82, 2.24) is 20.7 Å². The van der Waals surface area contributed by atoms with Crippen LogP contribution in [0, 0.1) is 0 Å². The zero-order valence-electron chi connectivity index (χ0n) is 14.3. The van der Waals surface area contributed by atoms with Gasteiger partial charge in [-0.3, -0.25) is 0 Å². The number of amides is 4. The number of nitrogens with zero attached hydrogens (tertiary/aromatic N) is 2. The fraction of sp³-hybridized carbons (Fsp3) is 0.222. The summed E-state index contributed by atoms with van der Waals surface area (Å²) in [5, 5.41) is 8.50. The van der Waals surface area contributed by atoms with Gasteiger partial charge in [0.25, 0.3) is 0 Å². The van der Waals surface area contributed by atoms with Crippen LogP contribution in [0.25, 0.3) is 0 Å². The molecule has 2 atom stereocenters. The monoisotopic (exact) mass is 354 g/mol. The fourth-order valence-corrected chi connectivity index (χ4v) is 3.19. The van der Waals surface area contributed by atoms with Gasteiger partial charge in [-0.05, 0) is 35.4 Å². The molecule has 0 aromatic heterocycles. The van der Waals surface area contributed by atoms with E-state index >= 15 is 0 Å². The van der Waals surface area contributed by atoms with Crippen LogP contribution in [-0.2, 0) is 0 Å². The number of hydrogen-bond donors (Lipinski definition) is 2. The summed E-state index contributed by atoms with van der Waals surface area (Å²) in [5.41, 5.74) is 1.57. The Bertz CT molecular complexity index is 766. The number of nitrogens with one attached hydrogen (secondary N) is 2. The minimum Gasteiger partial charge on any atom is -0.497 e. The third-order valence-electron chi connectivity index (χ3n) is 4.52. The Morgan fingerprint density at radius 2 is 1.04 bits per heavy atom. The molecule has 8 heteroatoms. The van der Waals surface area contributed by atoms with E-state index in [0.29, 0.717) is 11.5 Å². The number of carbonyl (C=O) groups excluding carboxylic acids is 2. The van der Waals surface area contributed by atoms with Crippen LogP contribution in [0.5, 0.6) is 11.5 Å². The maximum Gasteiger partial charge on any atom is 0.340 e. The molecular formula is C18H18N4O4. The van der Waals surface area contributed by atoms with Crippen LogP contribution in [0.15, 0.2) is 48.5 Å². The van der Waals surface area contributed by atoms with Gasteiger partial charge in [0.15, 0.2) is 12.3 Å². The van der Waals surface area contributed by atoms with Gasteiger partial charge in [-0.25, -0.2) is 19.6 Å². The van der Waals surface area contributed by atoms with Gasteiger partial charge < -0.3 is 20.1 Å². The molecule has 2 fully saturated rings. The Kier molecular flexibility index (Phi) is 3.80. The largest absolute Gasteiger partial charge is 0.497 e. The molecule has 0 saturated carbocycles. The highest BCUT2D eigenvalue weighted by Gasteiger charge is 2.51. The predicted octanol–water partition coefficient (Wildman–Crippen LogP) is 2.37. The average Bonchev–Trinajstić information content (AvgIpc) is 3.21. The predicted molar refractivity (Wildman–Crippen MR) is 92.2 cm³/mol. The number of hydrazine groups is 1. The normalized spacial score (nSPS) is 21.3. The molecule has 4 amide bonds. The second-order valence-electron chi connectivity index (χ2n) is 5.94. The number of fused-ring (bicyclic) bond motifs is 1. The van der Waals surface area contributed by atoms with E-state index < -0.39 is 12.3 Å². The lowest BCUT2D eigenvalue weighted by atomic mass is 10.1. The van der Waals surface area contributed by atoms with Crippen LogP contribution < -0.4 is 20.1 Å². The van der Waals surface area contributed by atoms with Gasteiger partial charge in [-0.1, -0.05) is 24.3 Å². The van der Waals surface area contributed by atoms with Gasteiger partial charge in [-0.15, -0.1) is 0 Å². The summed E-state index contributed by atoms with van der Waals surface area (Å²) in [7, 11) is 3.17. The van der Waals surface area contributed by atoms with E-state index in [0.717, 1.165) is 11.1 Å². The number of ether oxygens (including phenoxy) is 2. The minimum absolute atomic E-state index is 0.343. The zero-order valence-corrected chi connectivity index (χ0v) is 14.3. The van der Waals surface area contributed by atoms with E-state index in [1.165, 1.54) is 10.0 Å². The molecule has 8 nitrogen and oxygen atoms in total. The van der Waals surface area contributed by atoms with Gasteiger partial charge in [0.05, 0.1) is 14.2 Å². The Morgan fingerprint density at radius 1 is 0.692 bits per heavy atom. The summed E-state index contributed by atoms with van der Waals surface area (Å²) in [6, 6.07) is 13.8. The van der Waals surface area contributed by atoms with Gasteiger partial charge in [0.1, 0.15) is 11.5 Å². The second-order valence-corrected chi connectivity index (χ2v) is 5.94. The lowest BCUT2D eigenvalue weighted by molar-refractivity contribution is 0.0671. The van der Waals surface area contributed by atoms with Crippen molar-refractivity contribution in [2.75, 3.05) is 14.2 Å². The van der Waals surface area contributed by atoms with Crippen molar-refractivity contribution in [1.29, 1.82) is 0 Å². The summed E-state index contributed by atoms with van der Waals surface area (Å²) >= 11 is 0. The zero-order chi connectivity index (χ0) is 18.3. The first kappa shape index (κ1) is 16.1. The van der Waals surface area contributed by atoms with E-state index in [-0.39, 0.29) is 12.1 Å². The first-order valence-corrected chi connectivity index (χ1v) is 8.09. The highest BCUT2D eigenvalue weighted by Crippen LogP contribution is 2.37. The third-order valence-corrected chi connectivity index (χ3v) is 4.52. The number of urea groups is 2. The van der Waals surface area contributed by atoms with Crippen molar-refractivity contribution in [2.45, 2.75) is 12.3 Å². The van der Waals surface area contributed by atoms with Crippen LogP contribution in [0.3, 0.4) is 0 Å². The molecular weight excluding hydrogens is 336 g/mol. The van der Waals surface area contributed by atoms with Gasteiger partial charge in [0, 0.05) is 0 Å². The summed E-state index contributed by atoms with van der Waals surface area (Å²) in [6.07, 6.45) is -1.15. The first-order chi connectivity index (χ1) is 12.6. The van der Waals surface area contributed by atoms with E-state index in [2.05, 4.69) is 10.6 Å². The van der Waals surface area contributed by atoms with Crippen LogP contribution in [0.2, 0.25) is 0 Å². The van der Waals surface area contributed by atoms with Crippen LogP contribution in [0.4, 0.5) is 9.59 Å². The van der Waals surface area contributed by atoms with Crippen LogP contribution in [0.1, 0.15) is 23.5 Å². The van der Waals surface area contributed by atoms with Crippen LogP contribution in [-0.4, -0.2) is 36.3 Å². The molecule has 2 N–H and O–H groups in total. The van der Waals surface area contributed by atoms with Gasteiger partial charge >= 0.3 is 12.1 Å². The molecule has 134 valence electrons. The standard InChI is InChI=1S/C18H18N4O4/c1-25-13-7-3-11(4-8-13)15-19-17(23)22-16(20-18(24)21(15)22)12-5-9-14(26-2)10-6-12/h3-10,15-16H,1-2H3,(H,19,23)(H,20,24)/t15-,16-/m1/s1. The van der Waals surface area contributed by atoms with Crippen molar-refractivity contribution in [3.05, 3.63) is 59.7 Å². The first-order valence-electron chi connectivity index (χ1n) is 8.09. The maximum absolute atomic E-state index is 12.5. The van der Waals surface area contributed by atoms with Crippen molar-refractivity contribution >= 4 is 12.1 Å². The van der Waals surface area contributed by atoms with Gasteiger partial charge in [-0.2, -0.15) is 0 Å². The molecule has 2 saturated heterocycles. The second kappa shape index (κ2) is 6.14. The molecule has 2 aromatic rings. The highest BCUT2D eigenvalue weighted by atomic mass is 16.5. The molecule has 2 aliphatic rings. The topological polar surface area (TPSA) is 83.1 Å². The molecule has 26 heavy (non-hydrogen) atoms. The maximum atomic E-state index is 12.5. The average molecular weight is 354 g/mol. The van der Waals surface area contributed by atoms with E-state index in [4.69, 9.17) is 9.47 Å². The molecule has 0 bridgehead atoms. The number of rotatable bonds is 4. The number of methoxy groups -OCH3 is 2. The summed E-state index contributed by atoms with van der Waals surface area (Å²) in [4.78, 5) is 25.1. The Hall–Kier alpha value is -3.42. The number of hydrogen-bond acceptors (Lipinski definition) is 4. The van der Waals surface area contributed by atoms with Crippen molar-refractivity contribution in [3.63, 3.8) is 0 Å². The summed E-state index contributed by atoms with van der Waals surface area (Å²) in [6.45, 7) is 0. The van der Waals surface area contributed by atoms with E-state index in [9.17, 15) is 9.59 Å². The Balaban J connectivity index is 1.63.